The predicted molar refractivity (Wildman–Crippen MR) is 35.7 cm³/mol. The fraction of sp³-hybridized carbons (Fsp3) is 1.00. The molecule has 0 amide bonds. The van der Waals surface area contributed by atoms with E-state index in [1.165, 1.54) is 6.54 Å². The molecule has 2 atom stereocenters. The van der Waals surface area contributed by atoms with Gasteiger partial charge in [0.25, 0.3) is 0 Å². The summed E-state index contributed by atoms with van der Waals surface area (Å²) in [5.41, 5.74) is 0. The van der Waals surface area contributed by atoms with Gasteiger partial charge in [-0.25, -0.2) is 5.01 Å². The maximum absolute atomic E-state index is 5.62. The highest BCUT2D eigenvalue weighted by Gasteiger charge is 2.42. The molecule has 2 heterocycles. The zero-order valence-electron chi connectivity index (χ0n) is 5.75. The number of likely N-dealkylation sites (N-methyl/N-ethyl adjacent to an activating group) is 1. The van der Waals surface area contributed by atoms with Crippen LogP contribution in [0.1, 0.15) is 0 Å². The van der Waals surface area contributed by atoms with E-state index in [1.54, 1.807) is 0 Å². The first kappa shape index (κ1) is 5.65. The summed E-state index contributed by atoms with van der Waals surface area (Å²) >= 11 is 0. The van der Waals surface area contributed by atoms with E-state index in [4.69, 9.17) is 5.84 Å². The molecule has 0 saturated carbocycles. The van der Waals surface area contributed by atoms with E-state index in [0.29, 0.717) is 0 Å². The molecule has 2 fully saturated rings. The molecule has 2 N–H and O–H groups in total. The van der Waals surface area contributed by atoms with Crippen LogP contribution in [-0.2, 0) is 0 Å². The first-order valence-electron chi connectivity index (χ1n) is 3.47. The molecule has 0 radical (unpaired) electrons. The van der Waals surface area contributed by atoms with Crippen molar-refractivity contribution in [1.82, 2.24) is 9.91 Å². The van der Waals surface area contributed by atoms with Gasteiger partial charge >= 0.3 is 0 Å². The van der Waals surface area contributed by atoms with Crippen molar-refractivity contribution in [3.05, 3.63) is 0 Å². The van der Waals surface area contributed by atoms with E-state index >= 15 is 0 Å². The molecule has 0 spiro atoms. The van der Waals surface area contributed by atoms with Gasteiger partial charge in [0.05, 0.1) is 0 Å². The largest absolute Gasteiger partial charge is 0.301 e. The van der Waals surface area contributed by atoms with Crippen LogP contribution in [0.3, 0.4) is 0 Å². The SMILES string of the molecule is CN1C[C@H]2CN(N)C[C@H]21. The van der Waals surface area contributed by atoms with Gasteiger partial charge in [-0.3, -0.25) is 5.84 Å². The quantitative estimate of drug-likeness (QED) is 0.428. The van der Waals surface area contributed by atoms with Crippen LogP contribution < -0.4 is 5.84 Å². The van der Waals surface area contributed by atoms with Crippen LogP contribution >= 0.6 is 0 Å². The van der Waals surface area contributed by atoms with Crippen LogP contribution in [0.4, 0.5) is 0 Å². The van der Waals surface area contributed by atoms with Gasteiger partial charge in [-0.05, 0) is 7.05 Å². The van der Waals surface area contributed by atoms with Gasteiger partial charge in [-0.1, -0.05) is 0 Å². The highest BCUT2D eigenvalue weighted by atomic mass is 15.5. The number of nitrogens with two attached hydrogens (primary N) is 1. The van der Waals surface area contributed by atoms with Crippen LogP contribution in [0.2, 0.25) is 0 Å². The van der Waals surface area contributed by atoms with Crippen molar-refractivity contribution in [3.8, 4) is 0 Å². The Hall–Kier alpha value is -0.120. The third-order valence-electron chi connectivity index (χ3n) is 2.52. The maximum atomic E-state index is 5.62. The molecule has 2 saturated heterocycles. The monoisotopic (exact) mass is 127 g/mol. The number of rotatable bonds is 0. The van der Waals surface area contributed by atoms with Crippen LogP contribution in [0.25, 0.3) is 0 Å². The van der Waals surface area contributed by atoms with Crippen molar-refractivity contribution in [2.24, 2.45) is 11.8 Å². The smallest absolute Gasteiger partial charge is 0.0288 e. The molecule has 3 nitrogen and oxygen atoms in total. The summed E-state index contributed by atoms with van der Waals surface area (Å²) in [4.78, 5) is 2.37. The fourth-order valence-corrected chi connectivity index (χ4v) is 1.93. The van der Waals surface area contributed by atoms with E-state index < -0.39 is 0 Å². The second-order valence-corrected chi connectivity index (χ2v) is 3.22. The highest BCUT2D eigenvalue weighted by Crippen LogP contribution is 2.28. The summed E-state index contributed by atoms with van der Waals surface area (Å²) in [6.45, 7) is 3.43. The lowest BCUT2D eigenvalue weighted by Crippen LogP contribution is -2.52. The molecule has 2 aliphatic rings. The Morgan fingerprint density at radius 2 is 2.11 bits per heavy atom. The summed E-state index contributed by atoms with van der Waals surface area (Å²) in [6.07, 6.45) is 0. The zero-order valence-corrected chi connectivity index (χ0v) is 5.75. The van der Waals surface area contributed by atoms with Crippen LogP contribution in [0.15, 0.2) is 0 Å². The summed E-state index contributed by atoms with van der Waals surface area (Å²) in [6, 6.07) is 0.773. The molecule has 52 valence electrons. The van der Waals surface area contributed by atoms with E-state index in [2.05, 4.69) is 11.9 Å². The third kappa shape index (κ3) is 0.689. The molecule has 9 heavy (non-hydrogen) atoms. The maximum Gasteiger partial charge on any atom is 0.0288 e. The number of fused-ring (bicyclic) bond motifs is 1. The van der Waals surface area contributed by atoms with Gasteiger partial charge in [0, 0.05) is 31.6 Å². The topological polar surface area (TPSA) is 32.5 Å². The second kappa shape index (κ2) is 1.68. The van der Waals surface area contributed by atoms with Gasteiger partial charge < -0.3 is 4.90 Å². The number of nitrogens with zero attached hydrogens (tertiary/aromatic N) is 2. The molecular formula is C6H13N3. The van der Waals surface area contributed by atoms with E-state index in [0.717, 1.165) is 25.0 Å². The molecular weight excluding hydrogens is 114 g/mol. The van der Waals surface area contributed by atoms with Crippen molar-refractivity contribution < 1.29 is 0 Å². The Kier molecular flexibility index (Phi) is 1.06. The zero-order chi connectivity index (χ0) is 6.43. The Bertz CT molecular complexity index is 125. The number of hydrogen-bond acceptors (Lipinski definition) is 3. The summed E-state index contributed by atoms with van der Waals surface area (Å²) < 4.78 is 0. The van der Waals surface area contributed by atoms with E-state index in [-0.39, 0.29) is 0 Å². The molecule has 2 rings (SSSR count). The minimum Gasteiger partial charge on any atom is -0.301 e. The predicted octanol–water partition coefficient (Wildman–Crippen LogP) is -0.894. The lowest BCUT2D eigenvalue weighted by atomic mass is 9.93. The lowest BCUT2D eigenvalue weighted by Gasteiger charge is -2.40. The summed E-state index contributed by atoms with van der Waals surface area (Å²) in [7, 11) is 2.17. The standard InChI is InChI=1S/C6H13N3/c1-8-2-5-3-9(7)4-6(5)8/h5-6H,2-4,7H2,1H3/t5-,6+/m0/s1. The van der Waals surface area contributed by atoms with Gasteiger partial charge in [0.15, 0.2) is 0 Å². The Balaban J connectivity index is 2.00. The van der Waals surface area contributed by atoms with Crippen molar-refractivity contribution in [2.45, 2.75) is 6.04 Å². The van der Waals surface area contributed by atoms with Crippen molar-refractivity contribution in [3.63, 3.8) is 0 Å². The molecule has 0 aromatic heterocycles. The summed E-state index contributed by atoms with van der Waals surface area (Å²) in [5, 5.41) is 1.93. The van der Waals surface area contributed by atoms with Crippen LogP contribution in [0.5, 0.6) is 0 Å². The fourth-order valence-electron chi connectivity index (χ4n) is 1.93. The molecule has 3 heteroatoms. The Morgan fingerprint density at radius 3 is 2.56 bits per heavy atom. The third-order valence-corrected chi connectivity index (χ3v) is 2.52. The Morgan fingerprint density at radius 1 is 1.33 bits per heavy atom. The first-order chi connectivity index (χ1) is 4.27. The minimum atomic E-state index is 0.773. The lowest BCUT2D eigenvalue weighted by molar-refractivity contribution is 0.0825. The second-order valence-electron chi connectivity index (χ2n) is 3.22. The molecule has 0 aromatic rings. The molecule has 0 aliphatic carbocycles. The normalized spacial score (nSPS) is 44.7. The first-order valence-corrected chi connectivity index (χ1v) is 3.47. The molecule has 0 bridgehead atoms. The van der Waals surface area contributed by atoms with Crippen LogP contribution in [-0.4, -0.2) is 42.6 Å². The minimum absolute atomic E-state index is 0.773. The average molecular weight is 127 g/mol. The van der Waals surface area contributed by atoms with Crippen molar-refractivity contribution in [2.75, 3.05) is 26.7 Å². The van der Waals surface area contributed by atoms with Crippen LogP contribution in [0, 0.1) is 5.92 Å². The number of hydrazine groups is 1. The van der Waals surface area contributed by atoms with Gasteiger partial charge in [-0.2, -0.15) is 0 Å². The average Bonchev–Trinajstić information content (AvgIpc) is 2.08. The highest BCUT2D eigenvalue weighted by molar-refractivity contribution is 4.97. The van der Waals surface area contributed by atoms with E-state index in [1.807, 2.05) is 5.01 Å². The van der Waals surface area contributed by atoms with Gasteiger partial charge in [-0.15, -0.1) is 0 Å². The van der Waals surface area contributed by atoms with E-state index in [9.17, 15) is 0 Å². The molecule has 0 unspecified atom stereocenters. The molecule has 2 aliphatic heterocycles. The Labute approximate surface area is 55.4 Å². The van der Waals surface area contributed by atoms with Crippen molar-refractivity contribution in [1.29, 1.82) is 0 Å². The number of likely N-dealkylation sites (tertiary alicyclic amines) is 1. The van der Waals surface area contributed by atoms with Crippen molar-refractivity contribution >= 4 is 0 Å². The molecule has 0 aromatic carbocycles. The summed E-state index contributed by atoms with van der Waals surface area (Å²) in [5.74, 6) is 6.50. The van der Waals surface area contributed by atoms with Gasteiger partial charge in [0.2, 0.25) is 0 Å². The number of hydrogen-bond donors (Lipinski definition) is 1. The van der Waals surface area contributed by atoms with Gasteiger partial charge in [0.1, 0.15) is 0 Å².